The highest BCUT2D eigenvalue weighted by molar-refractivity contribution is 4.86. The fourth-order valence-corrected chi connectivity index (χ4v) is 1.35. The average Bonchev–Trinajstić information content (AvgIpc) is 2.63. The minimum Gasteiger partial charge on any atom is -0.339 e. The Morgan fingerprint density at radius 3 is 2.50 bits per heavy atom. The van der Waals surface area contributed by atoms with Crippen molar-refractivity contribution in [2.75, 3.05) is 0 Å². The van der Waals surface area contributed by atoms with Crippen molar-refractivity contribution in [1.82, 2.24) is 10.1 Å². The monoisotopic (exact) mass is 196 g/mol. The lowest BCUT2D eigenvalue weighted by Gasteiger charge is -1.91. The zero-order valence-electron chi connectivity index (χ0n) is 9.25. The number of rotatable bonds is 7. The van der Waals surface area contributed by atoms with Crippen molar-refractivity contribution >= 4 is 0 Å². The molecule has 0 amide bonds. The predicted octanol–water partition coefficient (Wildman–Crippen LogP) is 3.14. The molecule has 0 bridgehead atoms. The number of hydrogen-bond donors (Lipinski definition) is 0. The lowest BCUT2D eigenvalue weighted by atomic mass is 10.2. The Morgan fingerprint density at radius 2 is 1.79 bits per heavy atom. The molecule has 0 spiro atoms. The first-order valence-corrected chi connectivity index (χ1v) is 5.68. The Balaban J connectivity index is 2.27. The summed E-state index contributed by atoms with van der Waals surface area (Å²) in [5, 5.41) is 3.95. The summed E-state index contributed by atoms with van der Waals surface area (Å²) in [5.41, 5.74) is 0. The van der Waals surface area contributed by atoms with E-state index in [4.69, 9.17) is 4.52 Å². The quantitative estimate of drug-likeness (QED) is 0.629. The van der Waals surface area contributed by atoms with E-state index in [1.807, 2.05) is 0 Å². The van der Waals surface area contributed by atoms with Crippen LogP contribution in [0.15, 0.2) is 4.52 Å². The highest BCUT2D eigenvalue weighted by atomic mass is 16.5. The molecule has 0 unspecified atom stereocenters. The van der Waals surface area contributed by atoms with Gasteiger partial charge in [-0.15, -0.1) is 0 Å². The molecular formula is C11H20N2O. The van der Waals surface area contributed by atoms with Crippen molar-refractivity contribution in [1.29, 1.82) is 0 Å². The van der Waals surface area contributed by atoms with Crippen molar-refractivity contribution in [3.8, 4) is 0 Å². The number of hydrogen-bond acceptors (Lipinski definition) is 3. The zero-order chi connectivity index (χ0) is 10.2. The summed E-state index contributed by atoms with van der Waals surface area (Å²) >= 11 is 0. The second-order valence-corrected chi connectivity index (χ2v) is 3.67. The first kappa shape index (κ1) is 11.2. The lowest BCUT2D eigenvalue weighted by Crippen LogP contribution is -1.89. The van der Waals surface area contributed by atoms with Crippen molar-refractivity contribution in [3.63, 3.8) is 0 Å². The van der Waals surface area contributed by atoms with Crippen LogP contribution in [-0.4, -0.2) is 10.1 Å². The Morgan fingerprint density at radius 1 is 1.00 bits per heavy atom. The van der Waals surface area contributed by atoms with Crippen LogP contribution in [0.1, 0.15) is 57.7 Å². The molecule has 0 aromatic carbocycles. The Hall–Kier alpha value is -0.860. The van der Waals surface area contributed by atoms with E-state index in [9.17, 15) is 0 Å². The van der Waals surface area contributed by atoms with Gasteiger partial charge >= 0.3 is 0 Å². The smallest absolute Gasteiger partial charge is 0.226 e. The Bertz CT molecular complexity index is 245. The number of nitrogens with zero attached hydrogens (tertiary/aromatic N) is 2. The lowest BCUT2D eigenvalue weighted by molar-refractivity contribution is 0.369. The van der Waals surface area contributed by atoms with Gasteiger partial charge in [0.25, 0.3) is 0 Å². The molecule has 0 atom stereocenters. The summed E-state index contributed by atoms with van der Waals surface area (Å²) in [6.07, 6.45) is 7.85. The van der Waals surface area contributed by atoms with E-state index >= 15 is 0 Å². The maximum atomic E-state index is 5.14. The summed E-state index contributed by atoms with van der Waals surface area (Å²) in [5.74, 6) is 1.68. The van der Waals surface area contributed by atoms with Crippen LogP contribution in [0.2, 0.25) is 0 Å². The molecule has 0 N–H and O–H groups in total. The molecule has 0 aliphatic rings. The van der Waals surface area contributed by atoms with Gasteiger partial charge in [-0.3, -0.25) is 0 Å². The third kappa shape index (κ3) is 3.90. The Kier molecular flexibility index (Phi) is 5.27. The second-order valence-electron chi connectivity index (χ2n) is 3.67. The van der Waals surface area contributed by atoms with E-state index < -0.39 is 0 Å². The molecule has 3 heteroatoms. The van der Waals surface area contributed by atoms with Crippen molar-refractivity contribution in [2.24, 2.45) is 0 Å². The molecule has 1 aromatic rings. The maximum absolute atomic E-state index is 5.14. The van der Waals surface area contributed by atoms with Crippen molar-refractivity contribution in [3.05, 3.63) is 11.7 Å². The number of aromatic nitrogens is 2. The topological polar surface area (TPSA) is 38.9 Å². The van der Waals surface area contributed by atoms with Gasteiger partial charge < -0.3 is 4.52 Å². The third-order valence-corrected chi connectivity index (χ3v) is 2.26. The molecule has 0 aliphatic heterocycles. The summed E-state index contributed by atoms with van der Waals surface area (Å²) in [7, 11) is 0. The molecule has 3 nitrogen and oxygen atoms in total. The van der Waals surface area contributed by atoms with Crippen LogP contribution in [0.5, 0.6) is 0 Å². The van der Waals surface area contributed by atoms with Crippen LogP contribution in [0, 0.1) is 0 Å². The largest absolute Gasteiger partial charge is 0.339 e. The minimum absolute atomic E-state index is 0.804. The molecule has 1 rings (SSSR count). The van der Waals surface area contributed by atoms with E-state index in [1.54, 1.807) is 0 Å². The van der Waals surface area contributed by atoms with Crippen LogP contribution in [0.25, 0.3) is 0 Å². The fraction of sp³-hybridized carbons (Fsp3) is 0.818. The van der Waals surface area contributed by atoms with Crippen LogP contribution < -0.4 is 0 Å². The Labute approximate surface area is 85.9 Å². The molecule has 80 valence electrons. The first-order valence-electron chi connectivity index (χ1n) is 5.68. The SMILES string of the molecule is CCCCCc1noc(CCCC)n1. The molecule has 0 fully saturated rings. The van der Waals surface area contributed by atoms with Crippen molar-refractivity contribution < 1.29 is 4.52 Å². The van der Waals surface area contributed by atoms with E-state index in [0.29, 0.717) is 0 Å². The van der Waals surface area contributed by atoms with Gasteiger partial charge in [-0.25, -0.2) is 0 Å². The molecule has 1 aromatic heterocycles. The normalized spacial score (nSPS) is 10.7. The molecule has 0 aliphatic carbocycles. The van der Waals surface area contributed by atoms with Gasteiger partial charge in [0.1, 0.15) is 0 Å². The van der Waals surface area contributed by atoms with E-state index in [1.165, 1.54) is 25.7 Å². The standard InChI is InChI=1S/C11H20N2O/c1-3-5-7-8-10-12-11(14-13-10)9-6-4-2/h3-9H2,1-2H3. The number of aryl methyl sites for hydroxylation is 2. The number of unbranched alkanes of at least 4 members (excludes halogenated alkanes) is 3. The van der Waals surface area contributed by atoms with Gasteiger partial charge in [-0.05, 0) is 12.8 Å². The van der Waals surface area contributed by atoms with Gasteiger partial charge in [-0.2, -0.15) is 4.98 Å². The molecule has 0 saturated heterocycles. The summed E-state index contributed by atoms with van der Waals surface area (Å²) in [6, 6.07) is 0. The zero-order valence-corrected chi connectivity index (χ0v) is 9.25. The summed E-state index contributed by atoms with van der Waals surface area (Å²) < 4.78 is 5.14. The second kappa shape index (κ2) is 6.57. The van der Waals surface area contributed by atoms with Crippen LogP contribution in [0.3, 0.4) is 0 Å². The van der Waals surface area contributed by atoms with Crippen LogP contribution in [-0.2, 0) is 12.8 Å². The van der Waals surface area contributed by atoms with Gasteiger partial charge in [0.05, 0.1) is 0 Å². The minimum atomic E-state index is 0.804. The van der Waals surface area contributed by atoms with E-state index in [2.05, 4.69) is 24.0 Å². The molecule has 14 heavy (non-hydrogen) atoms. The summed E-state index contributed by atoms with van der Waals surface area (Å²) in [6.45, 7) is 4.36. The highest BCUT2D eigenvalue weighted by Crippen LogP contribution is 2.06. The van der Waals surface area contributed by atoms with Crippen LogP contribution >= 0.6 is 0 Å². The first-order chi connectivity index (χ1) is 6.86. The van der Waals surface area contributed by atoms with Crippen LogP contribution in [0.4, 0.5) is 0 Å². The average molecular weight is 196 g/mol. The molecule has 1 heterocycles. The van der Waals surface area contributed by atoms with Crippen molar-refractivity contribution in [2.45, 2.75) is 58.8 Å². The summed E-state index contributed by atoms with van der Waals surface area (Å²) in [4.78, 5) is 4.34. The fourth-order valence-electron chi connectivity index (χ4n) is 1.35. The van der Waals surface area contributed by atoms with Gasteiger partial charge in [0, 0.05) is 12.8 Å². The van der Waals surface area contributed by atoms with E-state index in [-0.39, 0.29) is 0 Å². The predicted molar refractivity (Wildman–Crippen MR) is 56.1 cm³/mol. The van der Waals surface area contributed by atoms with Gasteiger partial charge in [-0.1, -0.05) is 38.3 Å². The molecule has 0 radical (unpaired) electrons. The van der Waals surface area contributed by atoms with Gasteiger partial charge in [0.15, 0.2) is 5.82 Å². The van der Waals surface area contributed by atoms with Gasteiger partial charge in [0.2, 0.25) is 5.89 Å². The molecule has 0 saturated carbocycles. The third-order valence-electron chi connectivity index (χ3n) is 2.26. The highest BCUT2D eigenvalue weighted by Gasteiger charge is 2.04. The van der Waals surface area contributed by atoms with E-state index in [0.717, 1.165) is 31.0 Å². The molecular weight excluding hydrogens is 176 g/mol. The maximum Gasteiger partial charge on any atom is 0.226 e.